The van der Waals surface area contributed by atoms with Gasteiger partial charge in [0.25, 0.3) is 5.91 Å². The lowest BCUT2D eigenvalue weighted by molar-refractivity contribution is 0.102. The van der Waals surface area contributed by atoms with Crippen LogP contribution in [0.4, 0.5) is 5.69 Å². The molecule has 1 heterocycles. The number of amides is 1. The number of aryl methyl sites for hydroxylation is 2. The third-order valence-corrected chi connectivity index (χ3v) is 5.12. The van der Waals surface area contributed by atoms with Crippen LogP contribution in [0, 0.1) is 0 Å². The first-order valence-corrected chi connectivity index (χ1v) is 9.09. The Hall–Kier alpha value is -3.02. The standard InChI is InChI=1S/C20H19N5O/c26-20(16-8-7-13-3-1-4-14(13)11-16)21-17-6-2-5-15(12-17)19-22-23-24-25(19)18-9-10-18/h2,5-8,11-12,18H,1,3-4,9-10H2,(H,21,26). The molecular weight excluding hydrogens is 326 g/mol. The maximum atomic E-state index is 12.6. The first-order valence-electron chi connectivity index (χ1n) is 9.09. The average Bonchev–Trinajstić information content (AvgIpc) is 3.20. The van der Waals surface area contributed by atoms with E-state index >= 15 is 0 Å². The quantitative estimate of drug-likeness (QED) is 0.786. The highest BCUT2D eigenvalue weighted by atomic mass is 16.1. The van der Waals surface area contributed by atoms with E-state index in [9.17, 15) is 4.79 Å². The molecule has 1 fully saturated rings. The Kier molecular flexibility index (Phi) is 3.55. The fourth-order valence-electron chi connectivity index (χ4n) is 3.60. The first kappa shape index (κ1) is 15.3. The van der Waals surface area contributed by atoms with Gasteiger partial charge in [-0.15, -0.1) is 5.10 Å². The van der Waals surface area contributed by atoms with Gasteiger partial charge in [-0.05, 0) is 77.9 Å². The number of fused-ring (bicyclic) bond motifs is 1. The minimum atomic E-state index is -0.0846. The van der Waals surface area contributed by atoms with E-state index in [1.807, 2.05) is 41.1 Å². The van der Waals surface area contributed by atoms with Gasteiger partial charge >= 0.3 is 0 Å². The van der Waals surface area contributed by atoms with Gasteiger partial charge in [-0.3, -0.25) is 4.79 Å². The molecule has 6 heteroatoms. The minimum absolute atomic E-state index is 0.0846. The molecule has 0 unspecified atom stereocenters. The summed E-state index contributed by atoms with van der Waals surface area (Å²) in [6, 6.07) is 14.1. The van der Waals surface area contributed by atoms with Crippen molar-refractivity contribution in [2.24, 2.45) is 0 Å². The van der Waals surface area contributed by atoms with E-state index < -0.39 is 0 Å². The van der Waals surface area contributed by atoms with Crippen LogP contribution in [0.5, 0.6) is 0 Å². The van der Waals surface area contributed by atoms with Crippen LogP contribution in [0.3, 0.4) is 0 Å². The lowest BCUT2D eigenvalue weighted by Gasteiger charge is -2.09. The Morgan fingerprint density at radius 2 is 1.96 bits per heavy atom. The van der Waals surface area contributed by atoms with Crippen LogP contribution in [-0.4, -0.2) is 26.1 Å². The van der Waals surface area contributed by atoms with Gasteiger partial charge in [0.2, 0.25) is 0 Å². The Morgan fingerprint density at radius 1 is 1.08 bits per heavy atom. The van der Waals surface area contributed by atoms with E-state index in [0.29, 0.717) is 11.6 Å². The van der Waals surface area contributed by atoms with Crippen LogP contribution >= 0.6 is 0 Å². The Balaban J connectivity index is 1.39. The number of hydrogen-bond acceptors (Lipinski definition) is 4. The second-order valence-corrected chi connectivity index (χ2v) is 7.05. The van der Waals surface area contributed by atoms with Crippen molar-refractivity contribution in [1.29, 1.82) is 0 Å². The summed E-state index contributed by atoms with van der Waals surface area (Å²) >= 11 is 0. The predicted octanol–water partition coefficient (Wildman–Crippen LogP) is 3.42. The molecule has 1 aromatic heterocycles. The monoisotopic (exact) mass is 345 g/mol. The normalized spacial score (nSPS) is 15.7. The molecule has 5 rings (SSSR count). The molecule has 0 atom stereocenters. The number of carbonyl (C=O) groups excluding carboxylic acids is 1. The molecule has 1 saturated carbocycles. The van der Waals surface area contributed by atoms with Crippen molar-refractivity contribution in [2.45, 2.75) is 38.1 Å². The van der Waals surface area contributed by atoms with Crippen molar-refractivity contribution < 1.29 is 4.79 Å². The van der Waals surface area contributed by atoms with Gasteiger partial charge in [-0.1, -0.05) is 18.2 Å². The Morgan fingerprint density at radius 3 is 2.85 bits per heavy atom. The molecule has 1 amide bonds. The lowest BCUT2D eigenvalue weighted by Crippen LogP contribution is -2.12. The zero-order valence-corrected chi connectivity index (χ0v) is 14.4. The van der Waals surface area contributed by atoms with E-state index in [1.165, 1.54) is 17.5 Å². The van der Waals surface area contributed by atoms with Crippen molar-refractivity contribution >= 4 is 11.6 Å². The van der Waals surface area contributed by atoms with Crippen molar-refractivity contribution in [2.75, 3.05) is 5.32 Å². The number of anilines is 1. The number of tetrazole rings is 1. The van der Waals surface area contributed by atoms with Crippen LogP contribution in [-0.2, 0) is 12.8 Å². The van der Waals surface area contributed by atoms with E-state index in [0.717, 1.165) is 42.8 Å². The molecule has 3 aromatic rings. The van der Waals surface area contributed by atoms with E-state index in [2.05, 4.69) is 26.9 Å². The van der Waals surface area contributed by atoms with Gasteiger partial charge in [-0.25, -0.2) is 4.68 Å². The molecule has 0 saturated heterocycles. The predicted molar refractivity (Wildman–Crippen MR) is 97.9 cm³/mol. The summed E-state index contributed by atoms with van der Waals surface area (Å²) in [5.74, 6) is 0.666. The van der Waals surface area contributed by atoms with Crippen LogP contribution in [0.2, 0.25) is 0 Å². The van der Waals surface area contributed by atoms with Crippen LogP contribution in [0.15, 0.2) is 42.5 Å². The highest BCUT2D eigenvalue weighted by Crippen LogP contribution is 2.36. The summed E-state index contributed by atoms with van der Waals surface area (Å²) in [5.41, 5.74) is 5.04. The van der Waals surface area contributed by atoms with E-state index in [1.54, 1.807) is 0 Å². The fraction of sp³-hybridized carbons (Fsp3) is 0.300. The van der Waals surface area contributed by atoms with Crippen LogP contribution in [0.25, 0.3) is 11.4 Å². The maximum absolute atomic E-state index is 12.6. The zero-order chi connectivity index (χ0) is 17.5. The molecule has 2 aromatic carbocycles. The highest BCUT2D eigenvalue weighted by Gasteiger charge is 2.28. The highest BCUT2D eigenvalue weighted by molar-refractivity contribution is 6.04. The molecule has 1 N–H and O–H groups in total. The smallest absolute Gasteiger partial charge is 0.255 e. The summed E-state index contributed by atoms with van der Waals surface area (Å²) in [6.07, 6.45) is 5.60. The number of carbonyl (C=O) groups is 1. The number of hydrogen-bond donors (Lipinski definition) is 1. The van der Waals surface area contributed by atoms with Gasteiger partial charge in [-0.2, -0.15) is 0 Å². The lowest BCUT2D eigenvalue weighted by atomic mass is 10.1. The second-order valence-electron chi connectivity index (χ2n) is 7.05. The number of aromatic nitrogens is 4. The molecule has 0 spiro atoms. The summed E-state index contributed by atoms with van der Waals surface area (Å²) in [4.78, 5) is 12.6. The molecule has 26 heavy (non-hydrogen) atoms. The van der Waals surface area contributed by atoms with Crippen LogP contribution in [0.1, 0.15) is 46.8 Å². The third kappa shape index (κ3) is 2.77. The molecule has 0 aliphatic heterocycles. The largest absolute Gasteiger partial charge is 0.322 e. The molecule has 2 aliphatic carbocycles. The van der Waals surface area contributed by atoms with Gasteiger partial charge in [0.15, 0.2) is 5.82 Å². The number of rotatable bonds is 4. The van der Waals surface area contributed by atoms with Crippen molar-refractivity contribution in [3.63, 3.8) is 0 Å². The van der Waals surface area contributed by atoms with Crippen molar-refractivity contribution in [3.05, 3.63) is 59.2 Å². The summed E-state index contributed by atoms with van der Waals surface area (Å²) in [5, 5.41) is 15.1. The molecule has 0 bridgehead atoms. The van der Waals surface area contributed by atoms with E-state index in [4.69, 9.17) is 0 Å². The molecule has 0 radical (unpaired) electrons. The topological polar surface area (TPSA) is 72.7 Å². The fourth-order valence-corrected chi connectivity index (χ4v) is 3.60. The molecule has 130 valence electrons. The summed E-state index contributed by atoms with van der Waals surface area (Å²) in [6.45, 7) is 0. The van der Waals surface area contributed by atoms with E-state index in [-0.39, 0.29) is 5.91 Å². The van der Waals surface area contributed by atoms with Gasteiger partial charge in [0.1, 0.15) is 0 Å². The minimum Gasteiger partial charge on any atom is -0.322 e. The number of nitrogens with one attached hydrogen (secondary N) is 1. The average molecular weight is 345 g/mol. The molecule has 6 nitrogen and oxygen atoms in total. The Bertz CT molecular complexity index is 989. The zero-order valence-electron chi connectivity index (χ0n) is 14.4. The Labute approximate surface area is 151 Å². The summed E-state index contributed by atoms with van der Waals surface area (Å²) in [7, 11) is 0. The second kappa shape index (κ2) is 6.05. The van der Waals surface area contributed by atoms with Gasteiger partial charge in [0.05, 0.1) is 6.04 Å². The van der Waals surface area contributed by atoms with Gasteiger partial charge < -0.3 is 5.32 Å². The van der Waals surface area contributed by atoms with Gasteiger partial charge in [0, 0.05) is 16.8 Å². The van der Waals surface area contributed by atoms with Crippen molar-refractivity contribution in [1.82, 2.24) is 20.2 Å². The van der Waals surface area contributed by atoms with Crippen LogP contribution < -0.4 is 5.32 Å². The third-order valence-electron chi connectivity index (χ3n) is 5.12. The maximum Gasteiger partial charge on any atom is 0.255 e. The summed E-state index contributed by atoms with van der Waals surface area (Å²) < 4.78 is 1.88. The first-order chi connectivity index (χ1) is 12.8. The number of benzene rings is 2. The molecular formula is C20H19N5O. The SMILES string of the molecule is O=C(Nc1cccc(-c2nnnn2C2CC2)c1)c1ccc2c(c1)CCC2. The van der Waals surface area contributed by atoms with Crippen molar-refractivity contribution in [3.8, 4) is 11.4 Å². The number of nitrogens with zero attached hydrogens (tertiary/aromatic N) is 4. The molecule has 2 aliphatic rings.